The van der Waals surface area contributed by atoms with Crippen LogP contribution in [0.2, 0.25) is 0 Å². The van der Waals surface area contributed by atoms with Crippen LogP contribution in [0.5, 0.6) is 5.75 Å². The Morgan fingerprint density at radius 1 is 1.39 bits per heavy atom. The Labute approximate surface area is 188 Å². The molecule has 8 heteroatoms. The number of nitrogens with one attached hydrogen (secondary N) is 2. The summed E-state index contributed by atoms with van der Waals surface area (Å²) < 4.78 is 12.4. The maximum absolute atomic E-state index is 11.6. The molecule has 1 atom stereocenters. The minimum atomic E-state index is -0.00402. The SMILES string of the molecule is C=CC(=O)N1CCC(NCCOCCOc2ccccc2-c2n[nH]cc(CC)c2=S)C1. The standard InChI is InChI=1S/C23H30N4O3S/c1-3-17-15-25-26-22(23(17)31)19-7-5-6-8-20(19)30-14-13-29-12-10-24-18-9-11-27(16-18)21(28)4-2/h4-8,15,18,24H,2-3,9-14,16H2,1H3,(H,25,31). The largest absolute Gasteiger partial charge is 0.490 e. The van der Waals surface area contributed by atoms with Gasteiger partial charge in [0.25, 0.3) is 0 Å². The number of ether oxygens (including phenoxy) is 2. The van der Waals surface area contributed by atoms with E-state index in [1.807, 2.05) is 35.4 Å². The maximum Gasteiger partial charge on any atom is 0.246 e. The second kappa shape index (κ2) is 11.7. The van der Waals surface area contributed by atoms with E-state index in [1.165, 1.54) is 6.08 Å². The number of amides is 1. The van der Waals surface area contributed by atoms with E-state index >= 15 is 0 Å². The number of aromatic nitrogens is 2. The number of carbonyl (C=O) groups excluding carboxylic acids is 1. The number of benzene rings is 1. The molecule has 1 aliphatic heterocycles. The van der Waals surface area contributed by atoms with E-state index in [0.717, 1.165) is 59.6 Å². The van der Waals surface area contributed by atoms with Gasteiger partial charge in [-0.25, -0.2) is 0 Å². The lowest BCUT2D eigenvalue weighted by atomic mass is 10.1. The minimum absolute atomic E-state index is 0.00402. The first-order valence-corrected chi connectivity index (χ1v) is 11.1. The van der Waals surface area contributed by atoms with E-state index in [4.69, 9.17) is 21.7 Å². The van der Waals surface area contributed by atoms with Gasteiger partial charge >= 0.3 is 0 Å². The van der Waals surface area contributed by atoms with Crippen LogP contribution in [0.25, 0.3) is 11.3 Å². The third kappa shape index (κ3) is 6.22. The van der Waals surface area contributed by atoms with Crippen molar-refractivity contribution in [2.45, 2.75) is 25.8 Å². The summed E-state index contributed by atoms with van der Waals surface area (Å²) in [6.45, 7) is 9.35. The molecule has 3 rings (SSSR count). The molecule has 0 saturated carbocycles. The van der Waals surface area contributed by atoms with Gasteiger partial charge in [0.1, 0.15) is 18.1 Å². The molecule has 7 nitrogen and oxygen atoms in total. The van der Waals surface area contributed by atoms with Crippen molar-refractivity contribution < 1.29 is 14.3 Å². The van der Waals surface area contributed by atoms with Gasteiger partial charge < -0.3 is 19.7 Å². The van der Waals surface area contributed by atoms with Crippen LogP contribution in [-0.2, 0) is 16.0 Å². The molecule has 1 unspecified atom stereocenters. The number of aromatic amines is 1. The van der Waals surface area contributed by atoms with Gasteiger partial charge in [0.15, 0.2) is 0 Å². The highest BCUT2D eigenvalue weighted by molar-refractivity contribution is 7.71. The van der Waals surface area contributed by atoms with Crippen LogP contribution in [0.15, 0.2) is 43.1 Å². The van der Waals surface area contributed by atoms with E-state index in [1.54, 1.807) is 0 Å². The zero-order chi connectivity index (χ0) is 22.1. The van der Waals surface area contributed by atoms with E-state index < -0.39 is 0 Å². The Morgan fingerprint density at radius 3 is 3.03 bits per heavy atom. The molecule has 31 heavy (non-hydrogen) atoms. The van der Waals surface area contributed by atoms with E-state index in [2.05, 4.69) is 29.0 Å². The smallest absolute Gasteiger partial charge is 0.246 e. The number of H-pyrrole nitrogens is 1. The second-order valence-electron chi connectivity index (χ2n) is 7.33. The van der Waals surface area contributed by atoms with Gasteiger partial charge in [0.2, 0.25) is 5.91 Å². The monoisotopic (exact) mass is 442 g/mol. The predicted octanol–water partition coefficient (Wildman–Crippen LogP) is 3.14. The van der Waals surface area contributed by atoms with E-state index in [-0.39, 0.29) is 5.91 Å². The van der Waals surface area contributed by atoms with Crippen molar-refractivity contribution in [1.82, 2.24) is 20.4 Å². The Hall–Kier alpha value is -2.55. The van der Waals surface area contributed by atoms with Gasteiger partial charge in [-0.05, 0) is 36.6 Å². The molecule has 2 heterocycles. The number of rotatable bonds is 11. The van der Waals surface area contributed by atoms with Gasteiger partial charge in [0.05, 0.1) is 17.7 Å². The molecular weight excluding hydrogens is 412 g/mol. The normalized spacial score (nSPS) is 15.8. The number of likely N-dealkylation sites (tertiary alicyclic amines) is 1. The van der Waals surface area contributed by atoms with Gasteiger partial charge in [-0.1, -0.05) is 37.9 Å². The molecule has 1 saturated heterocycles. The molecule has 0 aliphatic carbocycles. The first-order valence-electron chi connectivity index (χ1n) is 10.7. The van der Waals surface area contributed by atoms with Crippen molar-refractivity contribution in [2.75, 3.05) is 39.5 Å². The topological polar surface area (TPSA) is 79.5 Å². The maximum atomic E-state index is 11.6. The zero-order valence-corrected chi connectivity index (χ0v) is 18.7. The van der Waals surface area contributed by atoms with Gasteiger partial charge in [-0.3, -0.25) is 9.89 Å². The van der Waals surface area contributed by atoms with Crippen LogP contribution in [0.4, 0.5) is 0 Å². The first-order chi connectivity index (χ1) is 15.1. The van der Waals surface area contributed by atoms with Gasteiger partial charge in [-0.15, -0.1) is 0 Å². The highest BCUT2D eigenvalue weighted by Crippen LogP contribution is 2.29. The van der Waals surface area contributed by atoms with E-state index in [9.17, 15) is 4.79 Å². The van der Waals surface area contributed by atoms with Crippen molar-refractivity contribution in [3.8, 4) is 17.0 Å². The molecule has 1 aromatic carbocycles. The summed E-state index contributed by atoms with van der Waals surface area (Å²) in [4.78, 5) is 13.4. The van der Waals surface area contributed by atoms with Crippen LogP contribution < -0.4 is 10.1 Å². The molecule has 2 aromatic rings. The zero-order valence-electron chi connectivity index (χ0n) is 17.9. The Balaban J connectivity index is 1.41. The lowest BCUT2D eigenvalue weighted by molar-refractivity contribution is -0.125. The molecule has 1 fully saturated rings. The van der Waals surface area contributed by atoms with Gasteiger partial charge in [0, 0.05) is 37.4 Å². The molecule has 0 spiro atoms. The van der Waals surface area contributed by atoms with Crippen molar-refractivity contribution in [3.05, 3.63) is 53.2 Å². The number of nitrogens with zero attached hydrogens (tertiary/aromatic N) is 2. The van der Waals surface area contributed by atoms with Gasteiger partial charge in [-0.2, -0.15) is 5.10 Å². The average molecular weight is 443 g/mol. The van der Waals surface area contributed by atoms with Crippen LogP contribution in [0.3, 0.4) is 0 Å². The summed E-state index contributed by atoms with van der Waals surface area (Å²) >= 11 is 5.59. The second-order valence-corrected chi connectivity index (χ2v) is 7.74. The lowest BCUT2D eigenvalue weighted by Crippen LogP contribution is -2.36. The van der Waals surface area contributed by atoms with Crippen molar-refractivity contribution in [3.63, 3.8) is 0 Å². The van der Waals surface area contributed by atoms with Crippen molar-refractivity contribution in [2.24, 2.45) is 0 Å². The average Bonchev–Trinajstić information content (AvgIpc) is 3.27. The lowest BCUT2D eigenvalue weighted by Gasteiger charge is -2.15. The summed E-state index contributed by atoms with van der Waals surface area (Å²) in [6, 6.07) is 8.08. The molecule has 0 radical (unpaired) electrons. The van der Waals surface area contributed by atoms with Crippen LogP contribution in [0, 0.1) is 4.51 Å². The molecule has 1 aliphatic rings. The summed E-state index contributed by atoms with van der Waals surface area (Å²) in [5.74, 6) is 0.734. The number of hydrogen-bond acceptors (Lipinski definition) is 6. The fraction of sp³-hybridized carbons (Fsp3) is 0.435. The summed E-state index contributed by atoms with van der Waals surface area (Å²) in [7, 11) is 0. The quantitative estimate of drug-likeness (QED) is 0.316. The fourth-order valence-corrected chi connectivity index (χ4v) is 3.94. The number of hydrogen-bond donors (Lipinski definition) is 2. The third-order valence-corrected chi connectivity index (χ3v) is 5.74. The molecule has 0 bridgehead atoms. The van der Waals surface area contributed by atoms with Crippen molar-refractivity contribution in [1.29, 1.82) is 0 Å². The van der Waals surface area contributed by atoms with E-state index in [0.29, 0.717) is 25.9 Å². The molecule has 2 N–H and O–H groups in total. The first kappa shape index (κ1) is 23.1. The number of carbonyl (C=O) groups is 1. The summed E-state index contributed by atoms with van der Waals surface area (Å²) in [6.07, 6.45) is 5.01. The number of aryl methyl sites for hydroxylation is 1. The summed E-state index contributed by atoms with van der Waals surface area (Å²) in [5, 5.41) is 10.7. The van der Waals surface area contributed by atoms with Crippen LogP contribution in [0.1, 0.15) is 18.9 Å². The highest BCUT2D eigenvalue weighted by atomic mass is 32.1. The fourth-order valence-electron chi connectivity index (χ4n) is 3.58. The Kier molecular flexibility index (Phi) is 8.75. The highest BCUT2D eigenvalue weighted by Gasteiger charge is 2.23. The minimum Gasteiger partial charge on any atom is -0.490 e. The molecule has 1 amide bonds. The Morgan fingerprint density at radius 2 is 2.23 bits per heavy atom. The third-order valence-electron chi connectivity index (χ3n) is 5.28. The predicted molar refractivity (Wildman–Crippen MR) is 124 cm³/mol. The molecule has 166 valence electrons. The van der Waals surface area contributed by atoms with Crippen LogP contribution in [-0.4, -0.2) is 66.5 Å². The molecular formula is C23H30N4O3S. The Bertz CT molecular complexity index is 946. The van der Waals surface area contributed by atoms with Crippen molar-refractivity contribution >= 4 is 18.1 Å². The summed E-state index contributed by atoms with van der Waals surface area (Å²) in [5.41, 5.74) is 2.67. The number of para-hydroxylation sites is 1. The van der Waals surface area contributed by atoms with Crippen LogP contribution >= 0.6 is 12.2 Å². The molecule has 1 aromatic heterocycles.